The highest BCUT2D eigenvalue weighted by molar-refractivity contribution is 9.10. The fourth-order valence-electron chi connectivity index (χ4n) is 1.59. The lowest BCUT2D eigenvalue weighted by atomic mass is 10.1. The van der Waals surface area contributed by atoms with Crippen molar-refractivity contribution >= 4 is 15.9 Å². The van der Waals surface area contributed by atoms with E-state index in [0.29, 0.717) is 12.8 Å². The lowest BCUT2D eigenvalue weighted by Crippen LogP contribution is -2.10. The minimum atomic E-state index is -1.18. The normalized spacial score (nSPS) is 17.6. The van der Waals surface area contributed by atoms with Gasteiger partial charge in [0.05, 0.1) is 22.7 Å². The minimum Gasteiger partial charge on any atom is -0.504 e. The first-order chi connectivity index (χ1) is 6.99. The molecule has 2 rings (SSSR count). The number of benzene rings is 1. The molecule has 0 bridgehead atoms. The van der Waals surface area contributed by atoms with Crippen molar-refractivity contribution in [2.24, 2.45) is 0 Å². The van der Waals surface area contributed by atoms with Crippen molar-refractivity contribution in [3.63, 3.8) is 0 Å². The summed E-state index contributed by atoms with van der Waals surface area (Å²) in [4.78, 5) is 0. The van der Waals surface area contributed by atoms with Crippen LogP contribution >= 0.6 is 15.9 Å². The van der Waals surface area contributed by atoms with Gasteiger partial charge in [0.1, 0.15) is 5.82 Å². The second-order valence-corrected chi connectivity index (χ2v) is 4.49. The average Bonchev–Trinajstić information content (AvgIpc) is 2.90. The maximum atomic E-state index is 13.8. The Morgan fingerprint density at radius 3 is 2.60 bits per heavy atom. The van der Waals surface area contributed by atoms with Gasteiger partial charge < -0.3 is 14.9 Å². The molecule has 0 aliphatic heterocycles. The van der Waals surface area contributed by atoms with Crippen LogP contribution in [-0.2, 0) is 5.60 Å². The molecule has 0 atom stereocenters. The molecule has 82 valence electrons. The second-order valence-electron chi connectivity index (χ2n) is 3.63. The minimum absolute atomic E-state index is 0.00991. The van der Waals surface area contributed by atoms with E-state index in [-0.39, 0.29) is 21.5 Å². The Labute approximate surface area is 94.6 Å². The predicted octanol–water partition coefficient (Wildman–Crippen LogP) is 2.28. The van der Waals surface area contributed by atoms with Crippen LogP contribution in [0.5, 0.6) is 11.5 Å². The summed E-state index contributed by atoms with van der Waals surface area (Å²) in [6.45, 7) is 0. The molecule has 1 aliphatic carbocycles. The number of hydrogen-bond acceptors (Lipinski definition) is 3. The molecule has 15 heavy (non-hydrogen) atoms. The van der Waals surface area contributed by atoms with E-state index in [1.165, 1.54) is 13.2 Å². The first kappa shape index (κ1) is 10.7. The zero-order chi connectivity index (χ0) is 11.2. The molecule has 1 saturated carbocycles. The molecule has 1 aliphatic rings. The highest BCUT2D eigenvalue weighted by Gasteiger charge is 2.47. The quantitative estimate of drug-likeness (QED) is 0.872. The summed E-state index contributed by atoms with van der Waals surface area (Å²) in [5.74, 6) is -0.749. The maximum absolute atomic E-state index is 13.8. The Morgan fingerprint density at radius 2 is 2.13 bits per heavy atom. The monoisotopic (exact) mass is 276 g/mol. The molecule has 0 amide bonds. The molecule has 0 heterocycles. The largest absolute Gasteiger partial charge is 0.504 e. The van der Waals surface area contributed by atoms with Gasteiger partial charge in [-0.2, -0.15) is 0 Å². The Morgan fingerprint density at radius 1 is 1.53 bits per heavy atom. The van der Waals surface area contributed by atoms with Gasteiger partial charge in [-0.15, -0.1) is 0 Å². The fraction of sp³-hybridized carbons (Fsp3) is 0.400. The number of hydrogen-bond donors (Lipinski definition) is 2. The Hall–Kier alpha value is -0.810. The highest BCUT2D eigenvalue weighted by Crippen LogP contribution is 2.53. The van der Waals surface area contributed by atoms with Crippen LogP contribution in [0.25, 0.3) is 0 Å². The molecule has 5 heteroatoms. The zero-order valence-corrected chi connectivity index (χ0v) is 9.64. The fourth-order valence-corrected chi connectivity index (χ4v) is 2.00. The van der Waals surface area contributed by atoms with Gasteiger partial charge in [-0.25, -0.2) is 4.39 Å². The first-order valence-electron chi connectivity index (χ1n) is 4.47. The number of phenolic OH excluding ortho intramolecular Hbond substituents is 1. The van der Waals surface area contributed by atoms with Crippen molar-refractivity contribution in [3.8, 4) is 11.5 Å². The molecule has 3 nitrogen and oxygen atoms in total. The molecule has 1 fully saturated rings. The van der Waals surface area contributed by atoms with Crippen LogP contribution in [0, 0.1) is 5.82 Å². The Balaban J connectivity index is 2.68. The molecule has 0 radical (unpaired) electrons. The van der Waals surface area contributed by atoms with Crippen molar-refractivity contribution in [1.29, 1.82) is 0 Å². The molecule has 0 unspecified atom stereocenters. The highest BCUT2D eigenvalue weighted by atomic mass is 79.9. The third-order valence-electron chi connectivity index (χ3n) is 2.55. The summed E-state index contributed by atoms with van der Waals surface area (Å²) >= 11 is 2.98. The summed E-state index contributed by atoms with van der Waals surface area (Å²) in [6, 6.07) is 1.21. The number of aliphatic hydroxyl groups is 1. The molecule has 0 saturated heterocycles. The SMILES string of the molecule is COc1c(O)cc(Br)c(F)c1C1(O)CC1. The number of halogens is 2. The van der Waals surface area contributed by atoms with Gasteiger partial charge in [-0.05, 0) is 28.8 Å². The average molecular weight is 277 g/mol. The van der Waals surface area contributed by atoms with Crippen molar-refractivity contribution in [3.05, 3.63) is 21.9 Å². The van der Waals surface area contributed by atoms with Gasteiger partial charge in [-0.1, -0.05) is 0 Å². The Bertz CT molecular complexity index is 416. The lowest BCUT2D eigenvalue weighted by Gasteiger charge is -2.16. The van der Waals surface area contributed by atoms with Crippen molar-refractivity contribution < 1.29 is 19.3 Å². The number of phenols is 1. The number of methoxy groups -OCH3 is 1. The standard InChI is InChI=1S/C10H10BrFO3/c1-15-9-6(13)4-5(11)8(12)7(9)10(14)2-3-10/h4,13-14H,2-3H2,1H3. The molecule has 0 aromatic heterocycles. The summed E-state index contributed by atoms with van der Waals surface area (Å²) in [5, 5.41) is 19.4. The molecule has 0 spiro atoms. The second kappa shape index (κ2) is 3.35. The molecular formula is C10H10BrFO3. The summed E-state index contributed by atoms with van der Waals surface area (Å²) in [7, 11) is 1.33. The van der Waals surface area contributed by atoms with E-state index in [9.17, 15) is 14.6 Å². The summed E-state index contributed by atoms with van der Waals surface area (Å²) < 4.78 is 18.8. The topological polar surface area (TPSA) is 49.7 Å². The van der Waals surface area contributed by atoms with Crippen LogP contribution < -0.4 is 4.74 Å². The van der Waals surface area contributed by atoms with Crippen molar-refractivity contribution in [2.75, 3.05) is 7.11 Å². The van der Waals surface area contributed by atoms with Crippen molar-refractivity contribution in [2.45, 2.75) is 18.4 Å². The third-order valence-corrected chi connectivity index (χ3v) is 3.12. The Kier molecular flexibility index (Phi) is 2.39. The van der Waals surface area contributed by atoms with Gasteiger partial charge in [-0.3, -0.25) is 0 Å². The summed E-state index contributed by atoms with van der Waals surface area (Å²) in [5.41, 5.74) is -1.15. The number of aromatic hydroxyl groups is 1. The van der Waals surface area contributed by atoms with Gasteiger partial charge in [0.25, 0.3) is 0 Å². The van der Waals surface area contributed by atoms with E-state index in [2.05, 4.69) is 15.9 Å². The number of rotatable bonds is 2. The zero-order valence-electron chi connectivity index (χ0n) is 8.05. The van der Waals surface area contributed by atoms with Crippen LogP contribution in [-0.4, -0.2) is 17.3 Å². The number of ether oxygens (including phenoxy) is 1. The van der Waals surface area contributed by atoms with Gasteiger partial charge in [0.2, 0.25) is 0 Å². The van der Waals surface area contributed by atoms with E-state index >= 15 is 0 Å². The lowest BCUT2D eigenvalue weighted by molar-refractivity contribution is 0.141. The third kappa shape index (κ3) is 1.59. The smallest absolute Gasteiger partial charge is 0.169 e. The van der Waals surface area contributed by atoms with Crippen LogP contribution in [0.3, 0.4) is 0 Å². The van der Waals surface area contributed by atoms with Crippen LogP contribution in [0.1, 0.15) is 18.4 Å². The van der Waals surface area contributed by atoms with Gasteiger partial charge in [0.15, 0.2) is 11.5 Å². The summed E-state index contributed by atoms with van der Waals surface area (Å²) in [6.07, 6.45) is 0.965. The van der Waals surface area contributed by atoms with E-state index in [1.54, 1.807) is 0 Å². The van der Waals surface area contributed by atoms with E-state index < -0.39 is 11.4 Å². The molecule has 2 N–H and O–H groups in total. The van der Waals surface area contributed by atoms with E-state index in [1.807, 2.05) is 0 Å². The molecule has 1 aromatic rings. The van der Waals surface area contributed by atoms with Gasteiger partial charge in [0, 0.05) is 6.07 Å². The molecule has 1 aromatic carbocycles. The maximum Gasteiger partial charge on any atom is 0.169 e. The van der Waals surface area contributed by atoms with Crippen LogP contribution in [0.15, 0.2) is 10.5 Å². The van der Waals surface area contributed by atoms with Crippen LogP contribution in [0.4, 0.5) is 4.39 Å². The predicted molar refractivity (Wildman–Crippen MR) is 55.4 cm³/mol. The van der Waals surface area contributed by atoms with Crippen LogP contribution in [0.2, 0.25) is 0 Å². The van der Waals surface area contributed by atoms with E-state index in [0.717, 1.165) is 0 Å². The van der Waals surface area contributed by atoms with Gasteiger partial charge >= 0.3 is 0 Å². The van der Waals surface area contributed by atoms with E-state index in [4.69, 9.17) is 4.74 Å². The van der Waals surface area contributed by atoms with Crippen molar-refractivity contribution in [1.82, 2.24) is 0 Å². The first-order valence-corrected chi connectivity index (χ1v) is 5.27. The molecular weight excluding hydrogens is 267 g/mol.